The summed E-state index contributed by atoms with van der Waals surface area (Å²) in [4.78, 5) is 21.8. The van der Waals surface area contributed by atoms with E-state index in [2.05, 4.69) is 4.74 Å². The van der Waals surface area contributed by atoms with Crippen LogP contribution in [0.3, 0.4) is 0 Å². The summed E-state index contributed by atoms with van der Waals surface area (Å²) in [7, 11) is 0. The average molecular weight is 273 g/mol. The van der Waals surface area contributed by atoms with Gasteiger partial charge in [0.2, 0.25) is 0 Å². The number of carbonyl (C=O) groups excluding carboxylic acids is 2. The molecule has 91 valence electrons. The van der Waals surface area contributed by atoms with Crippen molar-refractivity contribution in [3.63, 3.8) is 0 Å². The summed E-state index contributed by atoms with van der Waals surface area (Å²) in [6, 6.07) is 8.18. The molecule has 1 rings (SSSR count). The van der Waals surface area contributed by atoms with Crippen LogP contribution in [0.1, 0.15) is 11.7 Å². The Morgan fingerprint density at radius 1 is 1.31 bits per heavy atom. The van der Waals surface area contributed by atoms with Gasteiger partial charge in [-0.3, -0.25) is 4.79 Å². The maximum atomic E-state index is 11.2. The van der Waals surface area contributed by atoms with Gasteiger partial charge in [0.15, 0.2) is 6.10 Å². The molecule has 1 radical (unpaired) electrons. The van der Waals surface area contributed by atoms with Gasteiger partial charge in [-0.25, -0.2) is 4.79 Å². The summed E-state index contributed by atoms with van der Waals surface area (Å²) in [5, 5.41) is 9.47. The van der Waals surface area contributed by atoms with Crippen molar-refractivity contribution in [3.8, 4) is 0 Å². The third-order valence-electron chi connectivity index (χ3n) is 1.72. The molecule has 5 nitrogen and oxygen atoms in total. The summed E-state index contributed by atoms with van der Waals surface area (Å²) in [6.45, 7) is -0.396. The molecule has 0 saturated heterocycles. The van der Waals surface area contributed by atoms with E-state index in [1.54, 1.807) is 30.3 Å². The molecular weight excluding hydrogens is 262 g/mol. The van der Waals surface area contributed by atoms with E-state index in [-0.39, 0.29) is 17.1 Å². The van der Waals surface area contributed by atoms with Crippen LogP contribution >= 0.6 is 0 Å². The zero-order valence-corrected chi connectivity index (χ0v) is 9.16. The first-order chi connectivity index (χ1) is 7.15. The number of rotatable bonds is 3. The number of ether oxygens (including phenoxy) is 1. The summed E-state index contributed by atoms with van der Waals surface area (Å²) >= 11 is 0. The molecule has 1 aromatic carbocycles. The first-order valence-corrected chi connectivity index (χ1v) is 4.32. The average Bonchev–Trinajstić information content (AvgIpc) is 2.29. The van der Waals surface area contributed by atoms with Gasteiger partial charge in [-0.15, -0.1) is 0 Å². The van der Waals surface area contributed by atoms with Crippen LogP contribution in [-0.4, -0.2) is 23.6 Å². The number of hydrogen-bond acceptors (Lipinski definition) is 5. The first kappa shape index (κ1) is 14.8. The summed E-state index contributed by atoms with van der Waals surface area (Å²) < 4.78 is 4.26. The molecule has 1 atom stereocenters. The fourth-order valence-corrected chi connectivity index (χ4v) is 0.981. The number of esters is 2. The predicted octanol–water partition coefficient (Wildman–Crippen LogP) is -0.254. The molecule has 3 N–H and O–H groups in total. The van der Waals surface area contributed by atoms with Gasteiger partial charge in [-0.2, -0.15) is 0 Å². The molecule has 0 bridgehead atoms. The fraction of sp³-hybridized carbons (Fsp3) is 0.200. The Labute approximate surface area is 103 Å². The molecule has 0 spiro atoms. The monoisotopic (exact) mass is 272 g/mol. The molecule has 1 aromatic rings. The molecule has 0 aliphatic carbocycles. The van der Waals surface area contributed by atoms with Crippen molar-refractivity contribution in [2.75, 3.05) is 6.54 Å². The maximum Gasteiger partial charge on any atom is 0.347 e. The number of hydrogen-bond donors (Lipinski definition) is 2. The van der Waals surface area contributed by atoms with Crippen LogP contribution in [-0.2, 0) is 31.4 Å². The Morgan fingerprint density at radius 3 is 2.38 bits per heavy atom. The molecule has 0 fully saturated rings. The van der Waals surface area contributed by atoms with Crippen molar-refractivity contribution in [1.82, 2.24) is 0 Å². The molecule has 0 unspecified atom stereocenters. The SMILES string of the molecule is NCC(=O)OC(=O)[C@H](O)c1ccccc1.[Cu]. The normalized spacial score (nSPS) is 11.1. The van der Waals surface area contributed by atoms with E-state index in [0.29, 0.717) is 5.56 Å². The standard InChI is InChI=1S/C10H11NO4.Cu/c11-6-8(12)15-10(14)9(13)7-4-2-1-3-5-7;/h1-5,9,13H,6,11H2;/t9-;/m1./s1. The molecule has 16 heavy (non-hydrogen) atoms. The second-order valence-electron chi connectivity index (χ2n) is 2.81. The van der Waals surface area contributed by atoms with E-state index in [4.69, 9.17) is 5.73 Å². The van der Waals surface area contributed by atoms with E-state index >= 15 is 0 Å². The van der Waals surface area contributed by atoms with Gasteiger partial charge in [0.1, 0.15) is 0 Å². The molecule has 0 aliphatic rings. The topological polar surface area (TPSA) is 89.6 Å². The van der Waals surface area contributed by atoms with Crippen LogP contribution in [0.5, 0.6) is 0 Å². The van der Waals surface area contributed by atoms with Crippen molar-refractivity contribution in [2.45, 2.75) is 6.10 Å². The zero-order chi connectivity index (χ0) is 11.3. The number of benzene rings is 1. The minimum absolute atomic E-state index is 0. The minimum atomic E-state index is -1.46. The summed E-state index contributed by atoms with van der Waals surface area (Å²) in [5.74, 6) is -1.88. The maximum absolute atomic E-state index is 11.2. The van der Waals surface area contributed by atoms with E-state index in [9.17, 15) is 14.7 Å². The van der Waals surface area contributed by atoms with E-state index < -0.39 is 24.6 Å². The van der Waals surface area contributed by atoms with Gasteiger partial charge >= 0.3 is 11.9 Å². The number of aliphatic hydroxyl groups is 1. The Hall–Kier alpha value is -1.20. The van der Waals surface area contributed by atoms with Crippen LogP contribution in [0, 0.1) is 0 Å². The van der Waals surface area contributed by atoms with Crippen molar-refractivity contribution in [2.24, 2.45) is 5.73 Å². The molecule has 0 heterocycles. The zero-order valence-electron chi connectivity index (χ0n) is 8.22. The second-order valence-corrected chi connectivity index (χ2v) is 2.81. The van der Waals surface area contributed by atoms with Crippen LogP contribution in [0.15, 0.2) is 30.3 Å². The molecule has 0 amide bonds. The number of carbonyl (C=O) groups is 2. The Balaban J connectivity index is 0.00000225. The predicted molar refractivity (Wildman–Crippen MR) is 51.6 cm³/mol. The van der Waals surface area contributed by atoms with Crippen LogP contribution in [0.4, 0.5) is 0 Å². The summed E-state index contributed by atoms with van der Waals surface area (Å²) in [6.07, 6.45) is -1.46. The second kappa shape index (κ2) is 7.14. The van der Waals surface area contributed by atoms with E-state index in [0.717, 1.165) is 0 Å². The Bertz CT molecular complexity index is 355. The van der Waals surface area contributed by atoms with E-state index in [1.165, 1.54) is 0 Å². The third-order valence-corrected chi connectivity index (χ3v) is 1.72. The molecule has 6 heteroatoms. The minimum Gasteiger partial charge on any atom is -0.390 e. The molecular formula is C10H11CuNO4. The summed E-state index contributed by atoms with van der Waals surface area (Å²) in [5.41, 5.74) is 5.32. The van der Waals surface area contributed by atoms with Gasteiger partial charge in [-0.05, 0) is 5.56 Å². The first-order valence-electron chi connectivity index (χ1n) is 4.32. The van der Waals surface area contributed by atoms with E-state index in [1.807, 2.05) is 0 Å². The fourth-order valence-electron chi connectivity index (χ4n) is 0.981. The van der Waals surface area contributed by atoms with Gasteiger partial charge in [0, 0.05) is 17.1 Å². The van der Waals surface area contributed by atoms with Crippen molar-refractivity contribution >= 4 is 11.9 Å². The van der Waals surface area contributed by atoms with Gasteiger partial charge < -0.3 is 15.6 Å². The van der Waals surface area contributed by atoms with Crippen molar-refractivity contribution < 1.29 is 36.5 Å². The van der Waals surface area contributed by atoms with Crippen molar-refractivity contribution in [3.05, 3.63) is 35.9 Å². The van der Waals surface area contributed by atoms with Gasteiger partial charge in [0.05, 0.1) is 6.54 Å². The smallest absolute Gasteiger partial charge is 0.347 e. The van der Waals surface area contributed by atoms with Crippen LogP contribution in [0.2, 0.25) is 0 Å². The molecule has 0 aromatic heterocycles. The molecule has 0 aliphatic heterocycles. The molecule has 0 saturated carbocycles. The van der Waals surface area contributed by atoms with Gasteiger partial charge in [0.25, 0.3) is 0 Å². The Kier molecular flexibility index (Phi) is 6.60. The third kappa shape index (κ3) is 4.12. The van der Waals surface area contributed by atoms with Crippen LogP contribution in [0.25, 0.3) is 0 Å². The van der Waals surface area contributed by atoms with Gasteiger partial charge in [-0.1, -0.05) is 30.3 Å². The quantitative estimate of drug-likeness (QED) is 0.450. The number of nitrogens with two attached hydrogens (primary N) is 1. The number of aliphatic hydroxyl groups excluding tert-OH is 1. The largest absolute Gasteiger partial charge is 0.390 e. The Morgan fingerprint density at radius 2 is 1.88 bits per heavy atom. The van der Waals surface area contributed by atoms with Crippen molar-refractivity contribution in [1.29, 1.82) is 0 Å². The van der Waals surface area contributed by atoms with Crippen LogP contribution < -0.4 is 5.73 Å².